The number of amides is 1. The molecule has 0 aliphatic heterocycles. The van der Waals surface area contributed by atoms with Crippen molar-refractivity contribution in [2.45, 2.75) is 42.7 Å². The van der Waals surface area contributed by atoms with E-state index in [-0.39, 0.29) is 23.1 Å². The van der Waals surface area contributed by atoms with Gasteiger partial charge < -0.3 is 10.4 Å². The van der Waals surface area contributed by atoms with Crippen LogP contribution >= 0.6 is 11.8 Å². The molecule has 1 amide bonds. The normalized spacial score (nSPS) is 18.6. The van der Waals surface area contributed by atoms with E-state index in [0.717, 1.165) is 17.2 Å². The molecular weight excluding hydrogens is 435 g/mol. The summed E-state index contributed by atoms with van der Waals surface area (Å²) in [6.45, 7) is -0.581. The fourth-order valence-electron chi connectivity index (χ4n) is 4.24. The van der Waals surface area contributed by atoms with Gasteiger partial charge in [-0.05, 0) is 56.2 Å². The van der Waals surface area contributed by atoms with Crippen molar-refractivity contribution in [3.05, 3.63) is 63.2 Å². The molecule has 2 heterocycles. The molecule has 1 saturated carbocycles. The van der Waals surface area contributed by atoms with Gasteiger partial charge in [-0.15, -0.1) is 11.8 Å². The second-order valence-electron chi connectivity index (χ2n) is 7.75. The summed E-state index contributed by atoms with van der Waals surface area (Å²) in [6, 6.07) is 7.90. The van der Waals surface area contributed by atoms with Crippen molar-refractivity contribution in [2.24, 2.45) is 0 Å². The van der Waals surface area contributed by atoms with Crippen LogP contribution in [0.15, 0.2) is 51.0 Å². The molecule has 0 radical (unpaired) electrons. The lowest BCUT2D eigenvalue weighted by Gasteiger charge is -2.30. The van der Waals surface area contributed by atoms with Gasteiger partial charge in [0.25, 0.3) is 5.56 Å². The largest absolute Gasteiger partial charge is 0.387 e. The summed E-state index contributed by atoms with van der Waals surface area (Å²) in [7, 11) is 0. The SMILES string of the molecule is CSc1cccc(-n2c(=O)n(C3CCC(NC(=O)CO)CC3)c(=O)c3cc(F)cnc32)c1. The number of hydrogen-bond acceptors (Lipinski definition) is 6. The maximum absolute atomic E-state index is 14.0. The van der Waals surface area contributed by atoms with Crippen LogP contribution in [0, 0.1) is 5.82 Å². The van der Waals surface area contributed by atoms with Crippen LogP contribution in [0.5, 0.6) is 0 Å². The fraction of sp³-hybridized carbons (Fsp3) is 0.364. The smallest absolute Gasteiger partial charge is 0.337 e. The quantitative estimate of drug-likeness (QED) is 0.567. The summed E-state index contributed by atoms with van der Waals surface area (Å²) in [5, 5.41) is 11.7. The van der Waals surface area contributed by atoms with E-state index in [0.29, 0.717) is 31.4 Å². The van der Waals surface area contributed by atoms with E-state index in [2.05, 4.69) is 10.3 Å². The Morgan fingerprint density at radius 3 is 2.69 bits per heavy atom. The number of aliphatic hydroxyl groups is 1. The second-order valence-corrected chi connectivity index (χ2v) is 8.63. The van der Waals surface area contributed by atoms with Gasteiger partial charge in [0.05, 0.1) is 17.3 Å². The van der Waals surface area contributed by atoms with Crippen molar-refractivity contribution in [2.75, 3.05) is 12.9 Å². The third-order valence-electron chi connectivity index (χ3n) is 5.77. The highest BCUT2D eigenvalue weighted by Gasteiger charge is 2.27. The van der Waals surface area contributed by atoms with Crippen molar-refractivity contribution < 1.29 is 14.3 Å². The summed E-state index contributed by atoms with van der Waals surface area (Å²) in [5.41, 5.74) is -0.441. The number of benzene rings is 1. The molecule has 10 heteroatoms. The number of carbonyl (C=O) groups excluding carboxylic acids is 1. The first kappa shape index (κ1) is 22.2. The molecule has 32 heavy (non-hydrogen) atoms. The maximum Gasteiger partial charge on any atom is 0.337 e. The zero-order valence-electron chi connectivity index (χ0n) is 17.5. The summed E-state index contributed by atoms with van der Waals surface area (Å²) in [6.07, 6.45) is 5.01. The summed E-state index contributed by atoms with van der Waals surface area (Å²) in [5.74, 6) is -1.10. The molecule has 2 aromatic heterocycles. The number of carbonyl (C=O) groups is 1. The Kier molecular flexibility index (Phi) is 6.43. The standard InChI is InChI=1S/C22H23FN4O4S/c1-32-17-4-2-3-16(10-17)26-20-18(9-13(23)11-24-20)21(30)27(22(26)31)15-7-5-14(6-8-15)25-19(29)12-28/h2-4,9-11,14-15,28H,5-8,12H2,1H3,(H,25,29). The first-order chi connectivity index (χ1) is 15.4. The Hall–Kier alpha value is -2.98. The van der Waals surface area contributed by atoms with Gasteiger partial charge >= 0.3 is 5.69 Å². The molecule has 0 bridgehead atoms. The Bertz CT molecular complexity index is 1280. The number of nitrogens with zero attached hydrogens (tertiary/aromatic N) is 3. The van der Waals surface area contributed by atoms with E-state index in [1.54, 1.807) is 6.07 Å². The number of nitrogens with one attached hydrogen (secondary N) is 1. The highest BCUT2D eigenvalue weighted by molar-refractivity contribution is 7.98. The Balaban J connectivity index is 1.83. The van der Waals surface area contributed by atoms with Crippen LogP contribution in [0.3, 0.4) is 0 Å². The van der Waals surface area contributed by atoms with E-state index >= 15 is 0 Å². The Labute approximate surface area is 187 Å². The molecule has 2 N–H and O–H groups in total. The monoisotopic (exact) mass is 458 g/mol. The predicted octanol–water partition coefficient (Wildman–Crippen LogP) is 2.00. The maximum atomic E-state index is 14.0. The lowest BCUT2D eigenvalue weighted by atomic mass is 9.91. The van der Waals surface area contributed by atoms with Gasteiger partial charge in [-0.1, -0.05) is 6.07 Å². The molecule has 8 nitrogen and oxygen atoms in total. The van der Waals surface area contributed by atoms with Crippen molar-refractivity contribution in [1.82, 2.24) is 19.4 Å². The molecule has 0 atom stereocenters. The summed E-state index contributed by atoms with van der Waals surface area (Å²) >= 11 is 1.52. The van der Waals surface area contributed by atoms with Gasteiger partial charge in [0.2, 0.25) is 5.91 Å². The van der Waals surface area contributed by atoms with Gasteiger partial charge in [0.15, 0.2) is 5.65 Å². The summed E-state index contributed by atoms with van der Waals surface area (Å²) < 4.78 is 16.5. The van der Waals surface area contributed by atoms with Crippen LogP contribution in [-0.2, 0) is 4.79 Å². The molecule has 3 aromatic rings. The molecule has 0 unspecified atom stereocenters. The number of thioether (sulfide) groups is 1. The van der Waals surface area contributed by atoms with E-state index in [1.807, 2.05) is 24.5 Å². The highest BCUT2D eigenvalue weighted by atomic mass is 32.2. The van der Waals surface area contributed by atoms with E-state index < -0.39 is 29.6 Å². The Morgan fingerprint density at radius 2 is 2.00 bits per heavy atom. The van der Waals surface area contributed by atoms with Crippen LogP contribution in [0.25, 0.3) is 16.7 Å². The molecule has 1 aliphatic rings. The molecule has 168 valence electrons. The molecular formula is C22H23FN4O4S. The zero-order chi connectivity index (χ0) is 22.8. The number of halogens is 1. The number of aliphatic hydroxyl groups excluding tert-OH is 1. The van der Waals surface area contributed by atoms with E-state index in [1.165, 1.54) is 20.9 Å². The molecule has 1 aliphatic carbocycles. The minimum Gasteiger partial charge on any atom is -0.387 e. The Morgan fingerprint density at radius 1 is 1.25 bits per heavy atom. The number of aromatic nitrogens is 3. The number of rotatable bonds is 5. The van der Waals surface area contributed by atoms with Crippen LogP contribution in [-0.4, -0.2) is 44.0 Å². The van der Waals surface area contributed by atoms with Gasteiger partial charge in [0.1, 0.15) is 12.4 Å². The lowest BCUT2D eigenvalue weighted by Crippen LogP contribution is -2.45. The molecule has 1 aromatic carbocycles. The molecule has 4 rings (SSSR count). The number of hydrogen-bond donors (Lipinski definition) is 2. The highest BCUT2D eigenvalue weighted by Crippen LogP contribution is 2.27. The minimum atomic E-state index is -0.653. The predicted molar refractivity (Wildman–Crippen MR) is 120 cm³/mol. The van der Waals surface area contributed by atoms with E-state index in [4.69, 9.17) is 5.11 Å². The topological polar surface area (TPSA) is 106 Å². The molecule has 1 fully saturated rings. The van der Waals surface area contributed by atoms with Crippen molar-refractivity contribution in [1.29, 1.82) is 0 Å². The van der Waals surface area contributed by atoms with Gasteiger partial charge in [-0.2, -0.15) is 0 Å². The third-order valence-corrected chi connectivity index (χ3v) is 6.50. The fourth-order valence-corrected chi connectivity index (χ4v) is 4.69. The van der Waals surface area contributed by atoms with Crippen LogP contribution in [0.1, 0.15) is 31.7 Å². The van der Waals surface area contributed by atoms with Crippen molar-refractivity contribution >= 4 is 28.7 Å². The van der Waals surface area contributed by atoms with Crippen LogP contribution in [0.4, 0.5) is 4.39 Å². The van der Waals surface area contributed by atoms with Gasteiger partial charge in [-0.25, -0.2) is 18.7 Å². The second kappa shape index (κ2) is 9.25. The first-order valence-electron chi connectivity index (χ1n) is 10.3. The number of pyridine rings is 1. The summed E-state index contributed by atoms with van der Waals surface area (Å²) in [4.78, 5) is 43.3. The van der Waals surface area contributed by atoms with Gasteiger partial charge in [0, 0.05) is 17.0 Å². The average molecular weight is 459 g/mol. The first-order valence-corrected chi connectivity index (χ1v) is 11.5. The zero-order valence-corrected chi connectivity index (χ0v) is 18.3. The van der Waals surface area contributed by atoms with Gasteiger partial charge in [-0.3, -0.25) is 14.2 Å². The van der Waals surface area contributed by atoms with Crippen LogP contribution in [0.2, 0.25) is 0 Å². The molecule has 0 saturated heterocycles. The van der Waals surface area contributed by atoms with Crippen molar-refractivity contribution in [3.63, 3.8) is 0 Å². The minimum absolute atomic E-state index is 0.0369. The van der Waals surface area contributed by atoms with E-state index in [9.17, 15) is 18.8 Å². The lowest BCUT2D eigenvalue weighted by molar-refractivity contribution is -0.124. The third kappa shape index (κ3) is 4.20. The van der Waals surface area contributed by atoms with Crippen LogP contribution < -0.4 is 16.6 Å². The number of fused-ring (bicyclic) bond motifs is 1. The average Bonchev–Trinajstić information content (AvgIpc) is 2.80. The molecule has 0 spiro atoms. The van der Waals surface area contributed by atoms with Crippen molar-refractivity contribution in [3.8, 4) is 5.69 Å².